The Balaban J connectivity index is 1.93. The first kappa shape index (κ1) is 16.9. The van der Waals surface area contributed by atoms with Gasteiger partial charge in [0.1, 0.15) is 16.5 Å². The highest BCUT2D eigenvalue weighted by molar-refractivity contribution is 6.29. The lowest BCUT2D eigenvalue weighted by molar-refractivity contribution is -0.385. The summed E-state index contributed by atoms with van der Waals surface area (Å²) in [6.07, 6.45) is 1.43. The van der Waals surface area contributed by atoms with Crippen molar-refractivity contribution in [2.75, 3.05) is 0 Å². The molecule has 0 radical (unpaired) electrons. The summed E-state index contributed by atoms with van der Waals surface area (Å²) in [7, 11) is 1.67. The van der Waals surface area contributed by atoms with Crippen molar-refractivity contribution < 1.29 is 14.5 Å². The van der Waals surface area contributed by atoms with Gasteiger partial charge in [-0.1, -0.05) is 23.7 Å². The Morgan fingerprint density at radius 1 is 1.40 bits per heavy atom. The molecule has 25 heavy (non-hydrogen) atoms. The fourth-order valence-electron chi connectivity index (χ4n) is 2.68. The van der Waals surface area contributed by atoms with Gasteiger partial charge in [-0.25, -0.2) is 9.78 Å². The summed E-state index contributed by atoms with van der Waals surface area (Å²) in [5.74, 6) is -0.0751. The van der Waals surface area contributed by atoms with Crippen molar-refractivity contribution in [3.05, 3.63) is 57.1 Å². The first-order valence-corrected chi connectivity index (χ1v) is 7.67. The highest BCUT2D eigenvalue weighted by atomic mass is 35.5. The number of nitro groups is 1. The summed E-state index contributed by atoms with van der Waals surface area (Å²) in [5, 5.41) is 13.9. The van der Waals surface area contributed by atoms with Gasteiger partial charge in [0.25, 0.3) is 11.6 Å². The lowest BCUT2D eigenvalue weighted by Crippen LogP contribution is -2.40. The summed E-state index contributed by atoms with van der Waals surface area (Å²) in [5.41, 5.74) is -1.21. The molecule has 0 bridgehead atoms. The number of imide groups is 1. The molecule has 2 heterocycles. The van der Waals surface area contributed by atoms with Crippen molar-refractivity contribution in [3.8, 4) is 0 Å². The smallest absolute Gasteiger partial charge is 0.321 e. The van der Waals surface area contributed by atoms with Crippen molar-refractivity contribution >= 4 is 29.2 Å². The minimum absolute atomic E-state index is 0.0571. The third kappa shape index (κ3) is 2.72. The SMILES string of the molecule is Cn1c(Cl)cnc1CN1C(=O)NC(C)(c2cccc([N+](=O)[O-])c2)C1=O. The summed E-state index contributed by atoms with van der Waals surface area (Å²) < 4.78 is 1.56. The number of halogens is 1. The van der Waals surface area contributed by atoms with Gasteiger partial charge in [0.05, 0.1) is 17.7 Å². The first-order chi connectivity index (χ1) is 11.7. The van der Waals surface area contributed by atoms with E-state index in [9.17, 15) is 19.7 Å². The van der Waals surface area contributed by atoms with Gasteiger partial charge < -0.3 is 9.88 Å². The number of hydrogen-bond donors (Lipinski definition) is 1. The van der Waals surface area contributed by atoms with E-state index >= 15 is 0 Å². The number of imidazole rings is 1. The molecule has 0 aliphatic carbocycles. The van der Waals surface area contributed by atoms with Crippen molar-refractivity contribution in [1.82, 2.24) is 19.8 Å². The van der Waals surface area contributed by atoms with E-state index in [1.54, 1.807) is 17.7 Å². The average Bonchev–Trinajstić information content (AvgIpc) is 3.01. The Kier molecular flexibility index (Phi) is 3.96. The van der Waals surface area contributed by atoms with Gasteiger partial charge in [0.2, 0.25) is 0 Å². The molecule has 1 saturated heterocycles. The number of urea groups is 1. The standard InChI is InChI=1S/C15H14ClN5O4/c1-15(9-4-3-5-10(6-9)21(24)25)13(22)20(14(23)18-15)8-12-17-7-11(16)19(12)2/h3-7H,8H2,1-2H3,(H,18,23). The second-order valence-corrected chi connectivity index (χ2v) is 6.20. The summed E-state index contributed by atoms with van der Waals surface area (Å²) in [6.45, 7) is 1.45. The van der Waals surface area contributed by atoms with Crippen LogP contribution in [0.15, 0.2) is 30.5 Å². The molecule has 1 atom stereocenters. The topological polar surface area (TPSA) is 110 Å². The number of aromatic nitrogens is 2. The number of hydrogen-bond acceptors (Lipinski definition) is 5. The van der Waals surface area contributed by atoms with E-state index < -0.39 is 22.4 Å². The fraction of sp³-hybridized carbons (Fsp3) is 0.267. The van der Waals surface area contributed by atoms with Crippen LogP contribution in [0.3, 0.4) is 0 Å². The quantitative estimate of drug-likeness (QED) is 0.507. The predicted octanol–water partition coefficient (Wildman–Crippen LogP) is 1.95. The maximum atomic E-state index is 12.8. The van der Waals surface area contributed by atoms with Crippen LogP contribution >= 0.6 is 11.6 Å². The van der Waals surface area contributed by atoms with Gasteiger partial charge in [-0.3, -0.25) is 19.8 Å². The monoisotopic (exact) mass is 363 g/mol. The number of non-ortho nitro benzene ring substituents is 1. The van der Waals surface area contributed by atoms with E-state index in [0.29, 0.717) is 16.5 Å². The Morgan fingerprint density at radius 2 is 2.12 bits per heavy atom. The third-order valence-corrected chi connectivity index (χ3v) is 4.59. The molecule has 9 nitrogen and oxygen atoms in total. The molecule has 1 aromatic carbocycles. The number of carbonyl (C=O) groups is 2. The van der Waals surface area contributed by atoms with Crippen LogP contribution in [0, 0.1) is 10.1 Å². The number of amides is 3. The van der Waals surface area contributed by atoms with Gasteiger partial charge in [-0.15, -0.1) is 0 Å². The maximum Gasteiger partial charge on any atom is 0.325 e. The molecule has 0 spiro atoms. The summed E-state index contributed by atoms with van der Waals surface area (Å²) in [4.78, 5) is 40.6. The molecular weight excluding hydrogens is 350 g/mol. The number of nitrogens with zero attached hydrogens (tertiary/aromatic N) is 4. The molecule has 10 heteroatoms. The van der Waals surface area contributed by atoms with Crippen LogP contribution in [0.4, 0.5) is 10.5 Å². The second kappa shape index (κ2) is 5.85. The fourth-order valence-corrected chi connectivity index (χ4v) is 2.83. The molecule has 3 rings (SSSR count). The molecule has 1 unspecified atom stereocenters. The van der Waals surface area contributed by atoms with E-state index in [0.717, 1.165) is 4.90 Å². The van der Waals surface area contributed by atoms with Gasteiger partial charge >= 0.3 is 6.03 Å². The normalized spacial score (nSPS) is 20.0. The number of nitrogens with one attached hydrogen (secondary N) is 1. The zero-order chi connectivity index (χ0) is 18.4. The molecular formula is C15H14ClN5O4. The van der Waals surface area contributed by atoms with E-state index in [-0.39, 0.29) is 12.2 Å². The minimum Gasteiger partial charge on any atom is -0.321 e. The van der Waals surface area contributed by atoms with Crippen LogP contribution in [-0.2, 0) is 23.9 Å². The van der Waals surface area contributed by atoms with Crippen LogP contribution < -0.4 is 5.32 Å². The zero-order valence-electron chi connectivity index (χ0n) is 13.4. The first-order valence-electron chi connectivity index (χ1n) is 7.29. The second-order valence-electron chi connectivity index (χ2n) is 5.81. The Morgan fingerprint density at radius 3 is 2.72 bits per heavy atom. The predicted molar refractivity (Wildman–Crippen MR) is 87.7 cm³/mol. The summed E-state index contributed by atoms with van der Waals surface area (Å²) in [6, 6.07) is 5.03. The van der Waals surface area contributed by atoms with Crippen LogP contribution in [0.5, 0.6) is 0 Å². The minimum atomic E-state index is -1.39. The van der Waals surface area contributed by atoms with Crippen molar-refractivity contribution in [2.24, 2.45) is 7.05 Å². The molecule has 2 aromatic rings. The molecule has 1 aliphatic rings. The van der Waals surface area contributed by atoms with E-state index in [4.69, 9.17) is 11.6 Å². The number of rotatable bonds is 4. The van der Waals surface area contributed by atoms with Gasteiger partial charge in [-0.2, -0.15) is 0 Å². The maximum absolute atomic E-state index is 12.8. The third-order valence-electron chi connectivity index (χ3n) is 4.24. The zero-order valence-corrected chi connectivity index (χ0v) is 14.1. The van der Waals surface area contributed by atoms with E-state index in [1.165, 1.54) is 31.3 Å². The number of benzene rings is 1. The molecule has 130 valence electrons. The van der Waals surface area contributed by atoms with Gasteiger partial charge in [-0.05, 0) is 12.5 Å². The van der Waals surface area contributed by atoms with E-state index in [1.807, 2.05) is 0 Å². The van der Waals surface area contributed by atoms with Gasteiger partial charge in [0.15, 0.2) is 0 Å². The van der Waals surface area contributed by atoms with Crippen molar-refractivity contribution in [1.29, 1.82) is 0 Å². The lowest BCUT2D eigenvalue weighted by atomic mass is 9.91. The number of carbonyl (C=O) groups excluding carboxylic acids is 2. The summed E-state index contributed by atoms with van der Waals surface area (Å²) >= 11 is 5.92. The van der Waals surface area contributed by atoms with Crippen molar-refractivity contribution in [2.45, 2.75) is 19.0 Å². The molecule has 1 aromatic heterocycles. The number of nitro benzene ring substituents is 1. The largest absolute Gasteiger partial charge is 0.325 e. The van der Waals surface area contributed by atoms with Gasteiger partial charge in [0, 0.05) is 19.2 Å². The molecule has 0 saturated carbocycles. The highest BCUT2D eigenvalue weighted by Gasteiger charge is 2.49. The van der Waals surface area contributed by atoms with Crippen LogP contribution in [-0.4, -0.2) is 31.3 Å². The van der Waals surface area contributed by atoms with Crippen LogP contribution in [0.2, 0.25) is 5.15 Å². The molecule has 3 amide bonds. The highest BCUT2D eigenvalue weighted by Crippen LogP contribution is 2.31. The Labute approximate surface area is 147 Å². The van der Waals surface area contributed by atoms with Crippen LogP contribution in [0.1, 0.15) is 18.3 Å². The molecule has 1 aliphatic heterocycles. The van der Waals surface area contributed by atoms with Crippen LogP contribution in [0.25, 0.3) is 0 Å². The Bertz CT molecular complexity index is 896. The Hall–Kier alpha value is -2.94. The molecule has 1 N–H and O–H groups in total. The average molecular weight is 364 g/mol. The molecule has 1 fully saturated rings. The lowest BCUT2D eigenvalue weighted by Gasteiger charge is -2.22. The van der Waals surface area contributed by atoms with Crippen molar-refractivity contribution in [3.63, 3.8) is 0 Å². The van der Waals surface area contributed by atoms with E-state index in [2.05, 4.69) is 10.3 Å².